The van der Waals surface area contributed by atoms with E-state index in [0.717, 1.165) is 39.0 Å². The van der Waals surface area contributed by atoms with E-state index in [4.69, 9.17) is 4.74 Å². The van der Waals surface area contributed by atoms with Crippen LogP contribution in [0.2, 0.25) is 0 Å². The van der Waals surface area contributed by atoms with Gasteiger partial charge in [0.15, 0.2) is 0 Å². The number of ether oxygens (including phenoxy) is 1. The average Bonchev–Trinajstić information content (AvgIpc) is 2.75. The van der Waals surface area contributed by atoms with E-state index in [1.807, 2.05) is 4.90 Å². The third kappa shape index (κ3) is 4.40. The van der Waals surface area contributed by atoms with E-state index in [2.05, 4.69) is 65.6 Å². The second-order valence-corrected chi connectivity index (χ2v) is 7.55. The standard InChI is InChI=1S/C23H28N2O2/c26-23(24-13-15-27-16-14-24)21-11-12-22(20-9-5-2-6-10-20)25(18-21)17-19-7-3-1-4-8-19/h1-10,21-22H,11-18H2. The maximum atomic E-state index is 13.0. The predicted molar refractivity (Wildman–Crippen MR) is 106 cm³/mol. The minimum Gasteiger partial charge on any atom is -0.378 e. The topological polar surface area (TPSA) is 32.8 Å². The van der Waals surface area contributed by atoms with Crippen LogP contribution in [0.25, 0.3) is 0 Å². The van der Waals surface area contributed by atoms with Crippen LogP contribution in [0.5, 0.6) is 0 Å². The molecule has 0 saturated carbocycles. The van der Waals surface area contributed by atoms with Gasteiger partial charge in [0.05, 0.1) is 19.1 Å². The summed E-state index contributed by atoms with van der Waals surface area (Å²) in [6, 6.07) is 21.7. The average molecular weight is 364 g/mol. The molecule has 2 unspecified atom stereocenters. The summed E-state index contributed by atoms with van der Waals surface area (Å²) in [4.78, 5) is 17.5. The summed E-state index contributed by atoms with van der Waals surface area (Å²) in [6.45, 7) is 4.50. The summed E-state index contributed by atoms with van der Waals surface area (Å²) >= 11 is 0. The van der Waals surface area contributed by atoms with Crippen LogP contribution < -0.4 is 0 Å². The van der Waals surface area contributed by atoms with E-state index in [9.17, 15) is 4.79 Å². The van der Waals surface area contributed by atoms with Crippen LogP contribution in [0.3, 0.4) is 0 Å². The monoisotopic (exact) mass is 364 g/mol. The number of rotatable bonds is 4. The summed E-state index contributed by atoms with van der Waals surface area (Å²) in [6.07, 6.45) is 1.98. The maximum absolute atomic E-state index is 13.0. The number of carbonyl (C=O) groups is 1. The smallest absolute Gasteiger partial charge is 0.227 e. The Morgan fingerprint density at radius 3 is 2.30 bits per heavy atom. The Bertz CT molecular complexity index is 729. The lowest BCUT2D eigenvalue weighted by atomic mass is 9.87. The highest BCUT2D eigenvalue weighted by molar-refractivity contribution is 5.79. The van der Waals surface area contributed by atoms with Crippen molar-refractivity contribution in [3.63, 3.8) is 0 Å². The van der Waals surface area contributed by atoms with E-state index >= 15 is 0 Å². The molecule has 0 radical (unpaired) electrons. The zero-order valence-electron chi connectivity index (χ0n) is 15.8. The van der Waals surface area contributed by atoms with Crippen LogP contribution in [0.1, 0.15) is 30.0 Å². The molecule has 4 rings (SSSR count). The molecule has 2 aliphatic heterocycles. The van der Waals surface area contributed by atoms with Crippen molar-refractivity contribution in [2.45, 2.75) is 25.4 Å². The third-order valence-corrected chi connectivity index (χ3v) is 5.77. The molecule has 4 nitrogen and oxygen atoms in total. The van der Waals surface area contributed by atoms with E-state index in [-0.39, 0.29) is 5.92 Å². The zero-order chi connectivity index (χ0) is 18.5. The van der Waals surface area contributed by atoms with E-state index in [1.165, 1.54) is 11.1 Å². The van der Waals surface area contributed by atoms with E-state index in [0.29, 0.717) is 25.2 Å². The number of carbonyl (C=O) groups excluding carboxylic acids is 1. The summed E-state index contributed by atoms with van der Waals surface area (Å²) in [5.41, 5.74) is 2.66. The van der Waals surface area contributed by atoms with Crippen molar-refractivity contribution < 1.29 is 9.53 Å². The largest absolute Gasteiger partial charge is 0.378 e. The lowest BCUT2D eigenvalue weighted by Crippen LogP contribution is -2.48. The second kappa shape index (κ2) is 8.68. The van der Waals surface area contributed by atoms with Crippen LogP contribution in [-0.4, -0.2) is 48.6 Å². The van der Waals surface area contributed by atoms with Crippen molar-refractivity contribution in [1.82, 2.24) is 9.80 Å². The molecule has 2 aromatic carbocycles. The van der Waals surface area contributed by atoms with Crippen LogP contribution in [0.4, 0.5) is 0 Å². The normalized spacial score (nSPS) is 23.9. The molecular weight excluding hydrogens is 336 g/mol. The van der Waals surface area contributed by atoms with E-state index < -0.39 is 0 Å². The van der Waals surface area contributed by atoms with Crippen molar-refractivity contribution >= 4 is 5.91 Å². The van der Waals surface area contributed by atoms with Gasteiger partial charge in [-0.15, -0.1) is 0 Å². The summed E-state index contributed by atoms with van der Waals surface area (Å²) in [7, 11) is 0. The fourth-order valence-corrected chi connectivity index (χ4v) is 4.33. The van der Waals surface area contributed by atoms with Gasteiger partial charge in [0.2, 0.25) is 5.91 Å². The van der Waals surface area contributed by atoms with Gasteiger partial charge in [0.1, 0.15) is 0 Å². The van der Waals surface area contributed by atoms with Crippen molar-refractivity contribution in [2.24, 2.45) is 5.92 Å². The van der Waals surface area contributed by atoms with Crippen molar-refractivity contribution in [3.8, 4) is 0 Å². The molecule has 0 spiro atoms. The van der Waals surface area contributed by atoms with Gasteiger partial charge in [-0.25, -0.2) is 0 Å². The Balaban J connectivity index is 1.51. The summed E-state index contributed by atoms with van der Waals surface area (Å²) < 4.78 is 5.41. The molecule has 2 fully saturated rings. The molecule has 2 aromatic rings. The Kier molecular flexibility index (Phi) is 5.85. The molecule has 0 bridgehead atoms. The number of nitrogens with zero attached hydrogens (tertiary/aromatic N) is 2. The lowest BCUT2D eigenvalue weighted by molar-refractivity contribution is -0.142. The van der Waals surface area contributed by atoms with Gasteiger partial charge < -0.3 is 9.64 Å². The van der Waals surface area contributed by atoms with Gasteiger partial charge in [-0.3, -0.25) is 9.69 Å². The van der Waals surface area contributed by atoms with Gasteiger partial charge in [-0.05, 0) is 24.0 Å². The van der Waals surface area contributed by atoms with Gasteiger partial charge in [0, 0.05) is 32.2 Å². The van der Waals surface area contributed by atoms with Gasteiger partial charge in [-0.2, -0.15) is 0 Å². The molecule has 0 aliphatic carbocycles. The number of benzene rings is 2. The van der Waals surface area contributed by atoms with Gasteiger partial charge >= 0.3 is 0 Å². The number of piperidine rings is 1. The second-order valence-electron chi connectivity index (χ2n) is 7.55. The third-order valence-electron chi connectivity index (χ3n) is 5.77. The molecule has 2 aliphatic rings. The molecule has 142 valence electrons. The van der Waals surface area contributed by atoms with Crippen molar-refractivity contribution in [1.29, 1.82) is 0 Å². The van der Waals surface area contributed by atoms with Crippen molar-refractivity contribution in [2.75, 3.05) is 32.8 Å². The molecule has 0 aromatic heterocycles. The fourth-order valence-electron chi connectivity index (χ4n) is 4.33. The highest BCUT2D eigenvalue weighted by Gasteiger charge is 2.35. The molecule has 2 atom stereocenters. The summed E-state index contributed by atoms with van der Waals surface area (Å²) in [5, 5.41) is 0. The molecular formula is C23H28N2O2. The number of amides is 1. The van der Waals surface area contributed by atoms with Crippen molar-refractivity contribution in [3.05, 3.63) is 71.8 Å². The van der Waals surface area contributed by atoms with Gasteiger partial charge in [-0.1, -0.05) is 60.7 Å². The first-order valence-corrected chi connectivity index (χ1v) is 10.0. The molecule has 2 saturated heterocycles. The zero-order valence-corrected chi connectivity index (χ0v) is 15.8. The number of hydrogen-bond acceptors (Lipinski definition) is 3. The minimum atomic E-state index is 0.0896. The Morgan fingerprint density at radius 1 is 0.926 bits per heavy atom. The van der Waals surface area contributed by atoms with Crippen LogP contribution >= 0.6 is 0 Å². The summed E-state index contributed by atoms with van der Waals surface area (Å²) in [5.74, 6) is 0.398. The molecule has 0 N–H and O–H groups in total. The van der Waals surface area contributed by atoms with Crippen LogP contribution in [-0.2, 0) is 16.1 Å². The molecule has 1 amide bonds. The number of hydrogen-bond donors (Lipinski definition) is 0. The molecule has 4 heteroatoms. The SMILES string of the molecule is O=C(C1CCC(c2ccccc2)N(Cc2ccccc2)C1)N1CCOCC1. The fraction of sp³-hybridized carbons (Fsp3) is 0.435. The first-order chi connectivity index (χ1) is 13.3. The highest BCUT2D eigenvalue weighted by atomic mass is 16.5. The Labute approximate surface area is 161 Å². The molecule has 2 heterocycles. The predicted octanol–water partition coefficient (Wildman–Crippen LogP) is 3.50. The van der Waals surface area contributed by atoms with E-state index in [1.54, 1.807) is 0 Å². The highest BCUT2D eigenvalue weighted by Crippen LogP contribution is 2.35. The quantitative estimate of drug-likeness (QED) is 0.832. The minimum absolute atomic E-state index is 0.0896. The van der Waals surface area contributed by atoms with Crippen LogP contribution in [0, 0.1) is 5.92 Å². The lowest BCUT2D eigenvalue weighted by Gasteiger charge is -2.41. The Morgan fingerprint density at radius 2 is 1.59 bits per heavy atom. The Hall–Kier alpha value is -2.17. The first kappa shape index (κ1) is 18.2. The first-order valence-electron chi connectivity index (χ1n) is 10.0. The van der Waals surface area contributed by atoms with Crippen LogP contribution in [0.15, 0.2) is 60.7 Å². The molecule has 27 heavy (non-hydrogen) atoms. The number of likely N-dealkylation sites (tertiary alicyclic amines) is 1. The maximum Gasteiger partial charge on any atom is 0.227 e. The number of morpholine rings is 1. The van der Waals surface area contributed by atoms with Gasteiger partial charge in [0.25, 0.3) is 0 Å².